The van der Waals surface area contributed by atoms with Gasteiger partial charge < -0.3 is 24.3 Å². The van der Waals surface area contributed by atoms with Crippen molar-refractivity contribution in [2.75, 3.05) is 25.1 Å². The van der Waals surface area contributed by atoms with Crippen LogP contribution in [0.5, 0.6) is 5.75 Å². The van der Waals surface area contributed by atoms with Gasteiger partial charge >= 0.3 is 6.09 Å². The zero-order valence-corrected chi connectivity index (χ0v) is 21.3. The third kappa shape index (κ3) is 4.16. The first-order chi connectivity index (χ1) is 17.3. The smallest absolute Gasteiger partial charge is 0.415 e. The first-order valence-corrected chi connectivity index (χ1v) is 11.9. The van der Waals surface area contributed by atoms with Gasteiger partial charge in [0.1, 0.15) is 40.6 Å². The predicted molar refractivity (Wildman–Crippen MR) is 131 cm³/mol. The number of hydrogen-bond donors (Lipinski definition) is 2. The van der Waals surface area contributed by atoms with Crippen molar-refractivity contribution in [1.82, 2.24) is 10.3 Å². The lowest BCUT2D eigenvalue weighted by Crippen LogP contribution is -2.71. The maximum absolute atomic E-state index is 13.2. The van der Waals surface area contributed by atoms with E-state index in [9.17, 15) is 14.0 Å². The molecule has 1 aromatic carbocycles. The Morgan fingerprint density at radius 2 is 1.84 bits per heavy atom. The monoisotopic (exact) mass is 512 g/mol. The third-order valence-electron chi connectivity index (χ3n) is 6.97. The molecule has 37 heavy (non-hydrogen) atoms. The maximum Gasteiger partial charge on any atom is 0.415 e. The van der Waals surface area contributed by atoms with Crippen molar-refractivity contribution in [1.29, 1.82) is 0 Å². The van der Waals surface area contributed by atoms with Gasteiger partial charge in [0.15, 0.2) is 0 Å². The van der Waals surface area contributed by atoms with Crippen LogP contribution in [0.15, 0.2) is 41.5 Å². The van der Waals surface area contributed by atoms with Crippen LogP contribution in [-0.4, -0.2) is 54.0 Å². The fraction of sp³-hybridized carbons (Fsp3) is 0.462. The summed E-state index contributed by atoms with van der Waals surface area (Å²) < 4.78 is 36.6. The molecule has 0 bridgehead atoms. The average molecular weight is 513 g/mol. The number of rotatable bonds is 2. The molecule has 1 atom stereocenters. The third-order valence-corrected chi connectivity index (χ3v) is 6.97. The van der Waals surface area contributed by atoms with Crippen LogP contribution >= 0.6 is 0 Å². The van der Waals surface area contributed by atoms with E-state index in [1.54, 1.807) is 39.0 Å². The quantitative estimate of drug-likeness (QED) is 0.629. The molecule has 1 unspecified atom stereocenters. The number of ether oxygens (including phenoxy) is 4. The number of amides is 2. The number of alkyl carbamates (subject to hydrolysis) is 1. The number of nitrogens with zero attached hydrogens (tertiary/aromatic N) is 2. The van der Waals surface area contributed by atoms with E-state index >= 15 is 0 Å². The Kier molecular flexibility index (Phi) is 5.67. The second-order valence-corrected chi connectivity index (χ2v) is 10.9. The Morgan fingerprint density at radius 1 is 1.08 bits per heavy atom. The number of fused-ring (bicyclic) bond motifs is 3. The van der Waals surface area contributed by atoms with E-state index in [2.05, 4.69) is 15.6 Å². The summed E-state index contributed by atoms with van der Waals surface area (Å²) in [6.07, 6.45) is 0.304. The minimum absolute atomic E-state index is 0.0362. The van der Waals surface area contributed by atoms with Crippen LogP contribution in [0.2, 0.25) is 0 Å². The lowest BCUT2D eigenvalue weighted by atomic mass is 9.55. The Hall–Kier alpha value is -3.73. The number of aliphatic imine (C=N–C) groups is 1. The van der Waals surface area contributed by atoms with E-state index in [0.29, 0.717) is 30.2 Å². The Bertz CT molecular complexity index is 1280. The van der Waals surface area contributed by atoms with E-state index < -0.39 is 40.0 Å². The van der Waals surface area contributed by atoms with Gasteiger partial charge in [0.05, 0.1) is 24.8 Å². The van der Waals surface area contributed by atoms with Gasteiger partial charge in [-0.2, -0.15) is 0 Å². The molecule has 2 N–H and O–H groups in total. The first kappa shape index (κ1) is 24.9. The molecule has 0 radical (unpaired) electrons. The largest absolute Gasteiger partial charge is 0.487 e. The lowest BCUT2D eigenvalue weighted by molar-refractivity contribution is -0.247. The molecule has 3 aliphatic rings. The Balaban J connectivity index is 1.52. The molecule has 4 heterocycles. The summed E-state index contributed by atoms with van der Waals surface area (Å²) in [6, 6.07) is 7.75. The SMILES string of the molecule is CC(C)(C)OC(=O)NC1=NC2(CO1)c1cc(NC(=O)c3ccc(F)cn3)ccc1OC(C)(C)C21COC1. The van der Waals surface area contributed by atoms with Gasteiger partial charge in [0.2, 0.25) is 0 Å². The van der Waals surface area contributed by atoms with Crippen LogP contribution in [-0.2, 0) is 19.7 Å². The lowest BCUT2D eigenvalue weighted by Gasteiger charge is -2.61. The summed E-state index contributed by atoms with van der Waals surface area (Å²) in [5.74, 6) is -0.451. The van der Waals surface area contributed by atoms with E-state index in [1.807, 2.05) is 13.8 Å². The molecule has 1 fully saturated rings. The summed E-state index contributed by atoms with van der Waals surface area (Å²) in [6.45, 7) is 10.1. The van der Waals surface area contributed by atoms with Gasteiger partial charge in [0.25, 0.3) is 11.9 Å². The minimum atomic E-state index is -0.971. The highest BCUT2D eigenvalue weighted by molar-refractivity contribution is 6.03. The zero-order valence-electron chi connectivity index (χ0n) is 21.3. The highest BCUT2D eigenvalue weighted by atomic mass is 19.1. The van der Waals surface area contributed by atoms with E-state index in [0.717, 1.165) is 6.20 Å². The second-order valence-electron chi connectivity index (χ2n) is 10.9. The fourth-order valence-electron chi connectivity index (χ4n) is 4.99. The molecule has 11 heteroatoms. The first-order valence-electron chi connectivity index (χ1n) is 11.9. The molecule has 5 rings (SSSR count). The number of amidine groups is 1. The molecule has 10 nitrogen and oxygen atoms in total. The fourth-order valence-corrected chi connectivity index (χ4v) is 4.99. The second kappa shape index (κ2) is 8.41. The number of hydrogen-bond acceptors (Lipinski definition) is 8. The number of anilines is 1. The highest BCUT2D eigenvalue weighted by Gasteiger charge is 2.71. The van der Waals surface area contributed by atoms with Gasteiger partial charge in [0, 0.05) is 11.3 Å². The van der Waals surface area contributed by atoms with Gasteiger partial charge in [-0.3, -0.25) is 4.79 Å². The van der Waals surface area contributed by atoms with Crippen molar-refractivity contribution >= 4 is 23.7 Å². The molecule has 2 aromatic rings. The van der Waals surface area contributed by atoms with Crippen LogP contribution in [0.1, 0.15) is 50.7 Å². The zero-order chi connectivity index (χ0) is 26.6. The maximum atomic E-state index is 13.2. The number of halogens is 1. The Morgan fingerprint density at radius 3 is 2.46 bits per heavy atom. The standard InChI is InChI=1S/C26H29FN4O6/c1-23(2,3)37-22(33)30-21-31-26(14-35-21)17-10-16(29-20(32)18-8-6-15(27)11-28-18)7-9-19(17)36-24(4,5)25(26)12-34-13-25/h6-11H,12-14H2,1-5H3,(H,29,32)(H,30,31,33). The molecular weight excluding hydrogens is 483 g/mol. The topological polar surface area (TPSA) is 120 Å². The van der Waals surface area contributed by atoms with Crippen molar-refractivity contribution < 1.29 is 32.9 Å². The van der Waals surface area contributed by atoms with Gasteiger partial charge in [-0.1, -0.05) is 0 Å². The molecule has 2 spiro atoms. The molecule has 2 amide bonds. The van der Waals surface area contributed by atoms with Crippen LogP contribution in [0.3, 0.4) is 0 Å². The minimum Gasteiger partial charge on any atom is -0.487 e. The molecule has 1 saturated heterocycles. The normalized spacial score (nSPS) is 22.7. The van der Waals surface area contributed by atoms with E-state index in [-0.39, 0.29) is 18.3 Å². The summed E-state index contributed by atoms with van der Waals surface area (Å²) in [4.78, 5) is 33.9. The van der Waals surface area contributed by atoms with Crippen molar-refractivity contribution in [3.8, 4) is 5.75 Å². The number of pyridine rings is 1. The molecule has 3 aliphatic heterocycles. The predicted octanol–water partition coefficient (Wildman–Crippen LogP) is 3.77. The number of nitrogens with one attached hydrogen (secondary N) is 2. The van der Waals surface area contributed by atoms with Crippen LogP contribution < -0.4 is 15.4 Å². The van der Waals surface area contributed by atoms with Crippen molar-refractivity contribution in [2.24, 2.45) is 10.4 Å². The van der Waals surface area contributed by atoms with E-state index in [4.69, 9.17) is 23.9 Å². The van der Waals surface area contributed by atoms with Crippen molar-refractivity contribution in [2.45, 2.75) is 51.4 Å². The van der Waals surface area contributed by atoms with Gasteiger partial charge in [-0.15, -0.1) is 0 Å². The number of benzene rings is 1. The summed E-state index contributed by atoms with van der Waals surface area (Å²) >= 11 is 0. The summed E-state index contributed by atoms with van der Waals surface area (Å²) in [5.41, 5.74) is -1.73. The molecular formula is C26H29FN4O6. The highest BCUT2D eigenvalue weighted by Crippen LogP contribution is 2.62. The number of aromatic nitrogens is 1. The van der Waals surface area contributed by atoms with E-state index in [1.165, 1.54) is 12.1 Å². The summed E-state index contributed by atoms with van der Waals surface area (Å²) in [5, 5.41) is 5.40. The van der Waals surface area contributed by atoms with Gasteiger partial charge in [-0.25, -0.2) is 24.5 Å². The van der Waals surface area contributed by atoms with Gasteiger partial charge in [-0.05, 0) is 65.0 Å². The van der Waals surface area contributed by atoms with Crippen LogP contribution in [0.4, 0.5) is 14.9 Å². The number of carbonyl (C=O) groups is 2. The molecule has 0 saturated carbocycles. The molecule has 0 aliphatic carbocycles. The van der Waals surface area contributed by atoms with Crippen LogP contribution in [0, 0.1) is 11.2 Å². The Labute approximate surface area is 213 Å². The molecule has 1 aromatic heterocycles. The molecule has 196 valence electrons. The van der Waals surface area contributed by atoms with Crippen molar-refractivity contribution in [3.63, 3.8) is 0 Å². The van der Waals surface area contributed by atoms with Crippen LogP contribution in [0.25, 0.3) is 0 Å². The average Bonchev–Trinajstić information content (AvgIpc) is 3.15. The van der Waals surface area contributed by atoms with Crippen molar-refractivity contribution in [3.05, 3.63) is 53.6 Å². The summed E-state index contributed by atoms with van der Waals surface area (Å²) in [7, 11) is 0. The number of carbonyl (C=O) groups excluding carboxylic acids is 2.